The van der Waals surface area contributed by atoms with Gasteiger partial charge in [-0.1, -0.05) is 156 Å². The average Bonchev–Trinajstić information content (AvgIpc) is 3.18. The number of carbonyl (C=O) groups excluding carboxylic acids is 1. The van der Waals surface area contributed by atoms with Gasteiger partial charge in [-0.2, -0.15) is 0 Å². The number of ether oxygens (including phenoxy) is 3. The van der Waals surface area contributed by atoms with Crippen LogP contribution in [0.3, 0.4) is 0 Å². The Labute approximate surface area is 349 Å². The van der Waals surface area contributed by atoms with Crippen molar-refractivity contribution in [3.8, 4) is 0 Å². The second kappa shape index (κ2) is 41.0. The number of hydrogen-bond donors (Lipinski definition) is 1. The van der Waals surface area contributed by atoms with Gasteiger partial charge >= 0.3 is 5.97 Å². The Kier molecular flexibility index (Phi) is 39.0. The maximum atomic E-state index is 12.7. The fourth-order valence-electron chi connectivity index (χ4n) is 8.31. The lowest BCUT2D eigenvalue weighted by Gasteiger charge is -2.38. The number of esters is 1. The Morgan fingerprint density at radius 1 is 0.554 bits per heavy atom. The number of carbonyl (C=O) groups is 1. The van der Waals surface area contributed by atoms with Crippen LogP contribution in [0.5, 0.6) is 0 Å². The molecule has 1 aliphatic rings. The summed E-state index contributed by atoms with van der Waals surface area (Å²) in [5.74, 6) is 1.23. The first-order valence-corrected chi connectivity index (χ1v) is 25.0. The SMILES string of the molecule is CCCCCCC(CCCCCC)COCOCCCCCCN(CCCCCC(=O)OCC(CCCCCC)CCCCCC)CCN(CCO)C1CCC1. The minimum atomic E-state index is 0.00413. The highest BCUT2D eigenvalue weighted by atomic mass is 16.7. The highest BCUT2D eigenvalue weighted by Gasteiger charge is 2.24. The molecule has 0 aliphatic heterocycles. The van der Waals surface area contributed by atoms with Crippen LogP contribution < -0.4 is 0 Å². The molecule has 1 saturated carbocycles. The molecule has 7 nitrogen and oxygen atoms in total. The van der Waals surface area contributed by atoms with Crippen LogP contribution in [0.1, 0.15) is 227 Å². The van der Waals surface area contributed by atoms with Crippen LogP contribution in [0.4, 0.5) is 0 Å². The van der Waals surface area contributed by atoms with Crippen LogP contribution in [0.15, 0.2) is 0 Å². The average molecular weight is 795 g/mol. The minimum absolute atomic E-state index is 0.00413. The number of nitrogens with zero attached hydrogens (tertiary/aromatic N) is 2. The third kappa shape index (κ3) is 32.2. The molecule has 56 heavy (non-hydrogen) atoms. The van der Waals surface area contributed by atoms with Gasteiger partial charge in [-0.3, -0.25) is 9.69 Å². The summed E-state index contributed by atoms with van der Waals surface area (Å²) in [4.78, 5) is 17.9. The van der Waals surface area contributed by atoms with E-state index in [1.54, 1.807) is 0 Å². The summed E-state index contributed by atoms with van der Waals surface area (Å²) in [5, 5.41) is 9.70. The van der Waals surface area contributed by atoms with Crippen LogP contribution in [0.2, 0.25) is 0 Å². The molecule has 0 atom stereocenters. The first kappa shape index (κ1) is 53.3. The number of aliphatic hydroxyl groups is 1. The molecule has 0 radical (unpaired) electrons. The minimum Gasteiger partial charge on any atom is -0.465 e. The highest BCUT2D eigenvalue weighted by Crippen LogP contribution is 2.25. The zero-order valence-corrected chi connectivity index (χ0v) is 38.2. The lowest BCUT2D eigenvalue weighted by molar-refractivity contribution is -0.145. The second-order valence-electron chi connectivity index (χ2n) is 17.6. The van der Waals surface area contributed by atoms with E-state index in [4.69, 9.17) is 14.2 Å². The smallest absolute Gasteiger partial charge is 0.305 e. The van der Waals surface area contributed by atoms with Crippen molar-refractivity contribution in [3.05, 3.63) is 0 Å². The van der Waals surface area contributed by atoms with Crippen molar-refractivity contribution in [3.63, 3.8) is 0 Å². The number of aliphatic hydroxyl groups excluding tert-OH is 1. The van der Waals surface area contributed by atoms with Crippen LogP contribution >= 0.6 is 0 Å². The Balaban J connectivity index is 2.36. The Morgan fingerprint density at radius 3 is 1.55 bits per heavy atom. The third-order valence-corrected chi connectivity index (χ3v) is 12.4. The fraction of sp³-hybridized carbons (Fsp3) is 0.980. The second-order valence-corrected chi connectivity index (χ2v) is 17.6. The highest BCUT2D eigenvalue weighted by molar-refractivity contribution is 5.69. The van der Waals surface area contributed by atoms with Crippen molar-refractivity contribution in [1.82, 2.24) is 9.80 Å². The summed E-state index contributed by atoms with van der Waals surface area (Å²) >= 11 is 0. The molecule has 0 aromatic heterocycles. The van der Waals surface area contributed by atoms with Gasteiger partial charge < -0.3 is 24.2 Å². The lowest BCUT2D eigenvalue weighted by atomic mass is 9.91. The van der Waals surface area contributed by atoms with E-state index in [2.05, 4.69) is 37.5 Å². The molecule has 0 aromatic rings. The number of unbranched alkanes of at least 4 members (excludes halogenated alkanes) is 17. The summed E-state index contributed by atoms with van der Waals surface area (Å²) in [6, 6.07) is 0.661. The van der Waals surface area contributed by atoms with Gasteiger partial charge in [0, 0.05) is 38.7 Å². The first-order valence-electron chi connectivity index (χ1n) is 25.0. The van der Waals surface area contributed by atoms with Crippen molar-refractivity contribution in [2.75, 3.05) is 65.9 Å². The third-order valence-electron chi connectivity index (χ3n) is 12.4. The molecule has 0 saturated heterocycles. The van der Waals surface area contributed by atoms with Crippen molar-refractivity contribution < 1.29 is 24.1 Å². The van der Waals surface area contributed by atoms with E-state index in [1.165, 1.54) is 167 Å². The van der Waals surface area contributed by atoms with Gasteiger partial charge in [0.05, 0.1) is 19.8 Å². The summed E-state index contributed by atoms with van der Waals surface area (Å²) in [6.07, 6.45) is 38.3. The largest absolute Gasteiger partial charge is 0.465 e. The van der Waals surface area contributed by atoms with Crippen LogP contribution in [0, 0.1) is 11.8 Å². The lowest BCUT2D eigenvalue weighted by Crippen LogP contribution is -2.45. The summed E-state index contributed by atoms with van der Waals surface area (Å²) in [7, 11) is 0. The predicted octanol–water partition coefficient (Wildman–Crippen LogP) is 12.9. The van der Waals surface area contributed by atoms with E-state index in [-0.39, 0.29) is 12.6 Å². The van der Waals surface area contributed by atoms with Crippen LogP contribution in [-0.4, -0.2) is 92.9 Å². The first-order chi connectivity index (χ1) is 27.6. The van der Waals surface area contributed by atoms with E-state index >= 15 is 0 Å². The van der Waals surface area contributed by atoms with Crippen molar-refractivity contribution in [2.45, 2.75) is 233 Å². The molecule has 7 heteroatoms. The zero-order valence-electron chi connectivity index (χ0n) is 38.2. The molecule has 1 rings (SSSR count). The Hall–Kier alpha value is -0.730. The Morgan fingerprint density at radius 2 is 1.05 bits per heavy atom. The molecular formula is C49H98N2O5. The maximum Gasteiger partial charge on any atom is 0.305 e. The molecule has 0 amide bonds. The van der Waals surface area contributed by atoms with Gasteiger partial charge in [0.15, 0.2) is 0 Å². The van der Waals surface area contributed by atoms with E-state index in [0.29, 0.717) is 37.7 Å². The maximum absolute atomic E-state index is 12.7. The van der Waals surface area contributed by atoms with Crippen LogP contribution in [-0.2, 0) is 19.0 Å². The standard InChI is InChI=1S/C49H98N2O5/c1-5-9-13-20-29-46(30-21-14-10-6-2)43-55-45-54-42-27-18-17-25-36-50(38-39-51(40-41-52)48-33-28-34-48)37-26-19-24-35-49(53)56-44-47(31-22-15-11-7-3)32-23-16-12-8-4/h46-48,52H,5-45H2,1-4H3. The molecule has 0 aromatic carbocycles. The predicted molar refractivity (Wildman–Crippen MR) is 239 cm³/mol. The number of hydrogen-bond acceptors (Lipinski definition) is 7. The van der Waals surface area contributed by atoms with Crippen LogP contribution in [0.25, 0.3) is 0 Å². The fourth-order valence-corrected chi connectivity index (χ4v) is 8.31. The van der Waals surface area contributed by atoms with Gasteiger partial charge in [0.25, 0.3) is 0 Å². The molecule has 1 fully saturated rings. The van der Waals surface area contributed by atoms with Crippen molar-refractivity contribution >= 4 is 5.97 Å². The van der Waals surface area contributed by atoms with Gasteiger partial charge in [-0.15, -0.1) is 0 Å². The molecule has 334 valence electrons. The van der Waals surface area contributed by atoms with E-state index in [1.807, 2.05) is 0 Å². The zero-order chi connectivity index (χ0) is 40.6. The summed E-state index contributed by atoms with van der Waals surface area (Å²) < 4.78 is 17.8. The molecular weight excluding hydrogens is 697 g/mol. The number of rotatable bonds is 45. The molecule has 0 unspecified atom stereocenters. The molecule has 0 spiro atoms. The van der Waals surface area contributed by atoms with Crippen molar-refractivity contribution in [2.24, 2.45) is 11.8 Å². The molecule has 1 aliphatic carbocycles. The monoisotopic (exact) mass is 795 g/mol. The van der Waals surface area contributed by atoms with E-state index in [9.17, 15) is 9.90 Å². The topological polar surface area (TPSA) is 71.5 Å². The summed E-state index contributed by atoms with van der Waals surface area (Å²) in [5.41, 5.74) is 0. The van der Waals surface area contributed by atoms with Crippen molar-refractivity contribution in [1.29, 1.82) is 0 Å². The van der Waals surface area contributed by atoms with Gasteiger partial charge in [0.2, 0.25) is 0 Å². The van der Waals surface area contributed by atoms with Gasteiger partial charge in [-0.25, -0.2) is 0 Å². The van der Waals surface area contributed by atoms with E-state index in [0.717, 1.165) is 71.6 Å². The molecule has 0 bridgehead atoms. The molecule has 0 heterocycles. The van der Waals surface area contributed by atoms with Gasteiger partial charge in [0.1, 0.15) is 6.79 Å². The van der Waals surface area contributed by atoms with E-state index < -0.39 is 0 Å². The van der Waals surface area contributed by atoms with Gasteiger partial charge in [-0.05, 0) is 89.1 Å². The summed E-state index contributed by atoms with van der Waals surface area (Å²) in [6.45, 7) is 17.2. The normalized spacial score (nSPS) is 13.5. The quantitative estimate of drug-likeness (QED) is 0.0374. The Bertz CT molecular complexity index is 787. The molecule has 1 N–H and O–H groups in total.